The first-order chi connectivity index (χ1) is 12.5. The van der Waals surface area contributed by atoms with Gasteiger partial charge in [0.15, 0.2) is 0 Å². The second-order valence-electron chi connectivity index (χ2n) is 6.85. The predicted octanol–water partition coefficient (Wildman–Crippen LogP) is 3.61. The Kier molecular flexibility index (Phi) is 4.42. The number of benzene rings is 2. The molecule has 136 valence electrons. The number of fused-ring (bicyclic) bond motifs is 1. The van der Waals surface area contributed by atoms with Gasteiger partial charge in [-0.05, 0) is 36.8 Å². The van der Waals surface area contributed by atoms with Crippen LogP contribution in [0.2, 0.25) is 0 Å². The van der Waals surface area contributed by atoms with Crippen molar-refractivity contribution in [2.45, 2.75) is 47.2 Å². The number of carbonyl (C=O) groups is 1. The largest absolute Gasteiger partial charge is 0.417 e. The molecule has 1 amide bonds. The lowest BCUT2D eigenvalue weighted by Gasteiger charge is -2.43. The summed E-state index contributed by atoms with van der Waals surface area (Å²) in [5, 5.41) is 10.7. The van der Waals surface area contributed by atoms with Gasteiger partial charge >= 0.3 is 6.09 Å². The Morgan fingerprint density at radius 2 is 1.77 bits per heavy atom. The van der Waals surface area contributed by atoms with Gasteiger partial charge in [0.25, 0.3) is 0 Å². The van der Waals surface area contributed by atoms with Crippen LogP contribution in [-0.4, -0.2) is 41.6 Å². The van der Waals surface area contributed by atoms with Crippen LogP contribution in [0.1, 0.15) is 18.9 Å². The summed E-state index contributed by atoms with van der Waals surface area (Å²) in [5.74, 6) is 0. The first kappa shape index (κ1) is 17.4. The number of aliphatic hydroxyl groups excluding tert-OH is 1. The maximum absolute atomic E-state index is 11.8. The van der Waals surface area contributed by atoms with Crippen molar-refractivity contribution in [3.8, 4) is 0 Å². The Hall–Kier alpha value is -2.02. The summed E-state index contributed by atoms with van der Waals surface area (Å²) in [4.78, 5) is 15.5. The van der Waals surface area contributed by atoms with Crippen molar-refractivity contribution < 1.29 is 19.4 Å². The Bertz CT molecular complexity index is 797. The minimum atomic E-state index is -0.914. The molecule has 2 aliphatic heterocycles. The van der Waals surface area contributed by atoms with Crippen molar-refractivity contribution in [2.75, 3.05) is 7.05 Å². The van der Waals surface area contributed by atoms with E-state index in [9.17, 15) is 9.90 Å². The summed E-state index contributed by atoms with van der Waals surface area (Å²) in [5.41, 5.74) is -0.0470. The van der Waals surface area contributed by atoms with Gasteiger partial charge in [0.05, 0.1) is 12.1 Å². The van der Waals surface area contributed by atoms with Crippen molar-refractivity contribution in [1.29, 1.82) is 0 Å². The average molecular weight is 371 g/mol. The van der Waals surface area contributed by atoms with Crippen LogP contribution >= 0.6 is 11.8 Å². The minimum Gasteiger partial charge on any atom is -0.417 e. The Labute approximate surface area is 156 Å². The third kappa shape index (κ3) is 2.98. The standard InChI is InChI=1S/C20H21NO4S/c1-20(17(22)12-16-18(25-20)24-19(23)21(16)2)13-8-10-15(11-9-13)26-14-6-4-3-5-7-14/h3-11,16-18,22H,12H2,1-2H3/t16-,17+,18+,20+/m1/s1. The number of aliphatic hydroxyl groups is 1. The SMILES string of the molecule is CN1C(=O)O[C@H]2O[C@@](C)(c3ccc(Sc4ccccc4)cc3)[C@@H](O)C[C@H]21. The lowest BCUT2D eigenvalue weighted by Crippen LogP contribution is -2.54. The van der Waals surface area contributed by atoms with E-state index in [1.165, 1.54) is 9.80 Å². The lowest BCUT2D eigenvalue weighted by atomic mass is 9.83. The van der Waals surface area contributed by atoms with E-state index in [1.54, 1.807) is 18.8 Å². The van der Waals surface area contributed by atoms with E-state index in [0.29, 0.717) is 6.42 Å². The van der Waals surface area contributed by atoms with Crippen LogP contribution < -0.4 is 0 Å². The van der Waals surface area contributed by atoms with Crippen LogP contribution in [0.3, 0.4) is 0 Å². The van der Waals surface area contributed by atoms with E-state index in [-0.39, 0.29) is 6.04 Å². The first-order valence-corrected chi connectivity index (χ1v) is 9.42. The molecule has 0 bridgehead atoms. The summed E-state index contributed by atoms with van der Waals surface area (Å²) in [6.45, 7) is 1.85. The molecule has 0 saturated carbocycles. The molecule has 0 radical (unpaired) electrons. The van der Waals surface area contributed by atoms with E-state index in [1.807, 2.05) is 49.4 Å². The molecule has 2 aromatic rings. The number of likely N-dealkylation sites (N-methyl/N-ethyl adjacent to an activating group) is 1. The van der Waals surface area contributed by atoms with Crippen molar-refractivity contribution in [2.24, 2.45) is 0 Å². The summed E-state index contributed by atoms with van der Waals surface area (Å²) < 4.78 is 11.3. The minimum absolute atomic E-state index is 0.251. The van der Waals surface area contributed by atoms with Gasteiger partial charge in [0.1, 0.15) is 5.60 Å². The van der Waals surface area contributed by atoms with Crippen LogP contribution in [-0.2, 0) is 15.1 Å². The second-order valence-corrected chi connectivity index (χ2v) is 7.99. The number of hydrogen-bond donors (Lipinski definition) is 1. The Morgan fingerprint density at radius 1 is 1.12 bits per heavy atom. The molecule has 0 aliphatic carbocycles. The molecule has 2 fully saturated rings. The molecule has 26 heavy (non-hydrogen) atoms. The van der Waals surface area contributed by atoms with Crippen LogP contribution in [0.25, 0.3) is 0 Å². The molecule has 0 spiro atoms. The van der Waals surface area contributed by atoms with E-state index in [0.717, 1.165) is 10.5 Å². The molecule has 5 nitrogen and oxygen atoms in total. The highest BCUT2D eigenvalue weighted by Crippen LogP contribution is 2.42. The smallest absolute Gasteiger partial charge is 0.412 e. The summed E-state index contributed by atoms with van der Waals surface area (Å²) >= 11 is 1.68. The third-order valence-corrected chi connectivity index (χ3v) is 6.20. The summed E-state index contributed by atoms with van der Waals surface area (Å²) in [6.07, 6.45) is -1.37. The molecule has 6 heteroatoms. The Balaban J connectivity index is 1.54. The summed E-state index contributed by atoms with van der Waals surface area (Å²) in [6, 6.07) is 17.9. The molecule has 4 atom stereocenters. The number of nitrogens with zero attached hydrogens (tertiary/aromatic N) is 1. The van der Waals surface area contributed by atoms with Gasteiger partial charge in [-0.3, -0.25) is 0 Å². The molecular weight excluding hydrogens is 350 g/mol. The highest BCUT2D eigenvalue weighted by molar-refractivity contribution is 7.99. The molecule has 2 saturated heterocycles. The molecule has 0 aromatic heterocycles. The van der Waals surface area contributed by atoms with Gasteiger partial charge < -0.3 is 19.5 Å². The normalized spacial score (nSPS) is 30.8. The third-order valence-electron chi connectivity index (χ3n) is 5.18. The van der Waals surface area contributed by atoms with Gasteiger partial charge in [-0.15, -0.1) is 0 Å². The van der Waals surface area contributed by atoms with Crippen LogP contribution in [0.5, 0.6) is 0 Å². The van der Waals surface area contributed by atoms with Crippen molar-refractivity contribution >= 4 is 17.9 Å². The van der Waals surface area contributed by atoms with Gasteiger partial charge in [-0.2, -0.15) is 0 Å². The number of hydrogen-bond acceptors (Lipinski definition) is 5. The van der Waals surface area contributed by atoms with Gasteiger partial charge in [-0.25, -0.2) is 4.79 Å². The van der Waals surface area contributed by atoms with E-state index < -0.39 is 24.1 Å². The van der Waals surface area contributed by atoms with Crippen LogP contribution in [0, 0.1) is 0 Å². The van der Waals surface area contributed by atoms with Crippen molar-refractivity contribution in [3.63, 3.8) is 0 Å². The molecule has 1 N–H and O–H groups in total. The van der Waals surface area contributed by atoms with Crippen molar-refractivity contribution in [1.82, 2.24) is 4.90 Å². The van der Waals surface area contributed by atoms with E-state index in [2.05, 4.69) is 12.1 Å². The highest BCUT2D eigenvalue weighted by atomic mass is 32.2. The molecule has 0 unspecified atom stereocenters. The number of ether oxygens (including phenoxy) is 2. The zero-order valence-corrected chi connectivity index (χ0v) is 15.5. The van der Waals surface area contributed by atoms with Gasteiger partial charge in [-0.1, -0.05) is 42.1 Å². The van der Waals surface area contributed by atoms with E-state index in [4.69, 9.17) is 9.47 Å². The Morgan fingerprint density at radius 3 is 2.46 bits per heavy atom. The lowest BCUT2D eigenvalue weighted by molar-refractivity contribution is -0.248. The van der Waals surface area contributed by atoms with Crippen LogP contribution in [0.4, 0.5) is 4.79 Å². The summed E-state index contributed by atoms with van der Waals surface area (Å²) in [7, 11) is 1.67. The number of rotatable bonds is 3. The second kappa shape index (κ2) is 6.61. The number of carbonyl (C=O) groups excluding carboxylic acids is 1. The zero-order valence-electron chi connectivity index (χ0n) is 14.7. The first-order valence-electron chi connectivity index (χ1n) is 8.60. The maximum atomic E-state index is 11.8. The molecule has 2 heterocycles. The molecule has 2 aromatic carbocycles. The number of amides is 1. The molecular formula is C20H21NO4S. The highest BCUT2D eigenvalue weighted by Gasteiger charge is 2.53. The maximum Gasteiger partial charge on any atom is 0.412 e. The quantitative estimate of drug-likeness (QED) is 0.893. The van der Waals surface area contributed by atoms with Gasteiger partial charge in [0, 0.05) is 23.3 Å². The van der Waals surface area contributed by atoms with Crippen molar-refractivity contribution in [3.05, 3.63) is 60.2 Å². The molecule has 4 rings (SSSR count). The molecule has 2 aliphatic rings. The van der Waals surface area contributed by atoms with E-state index >= 15 is 0 Å². The fourth-order valence-electron chi connectivity index (χ4n) is 3.46. The zero-order chi connectivity index (χ0) is 18.3. The predicted molar refractivity (Wildman–Crippen MR) is 97.9 cm³/mol. The van der Waals surface area contributed by atoms with Gasteiger partial charge in [0.2, 0.25) is 6.29 Å². The fourth-order valence-corrected chi connectivity index (χ4v) is 4.30. The fraction of sp³-hybridized carbons (Fsp3) is 0.350. The average Bonchev–Trinajstić information content (AvgIpc) is 2.90. The topological polar surface area (TPSA) is 59.0 Å². The monoisotopic (exact) mass is 371 g/mol. The van der Waals surface area contributed by atoms with Crippen LogP contribution in [0.15, 0.2) is 64.4 Å².